The third-order valence-electron chi connectivity index (χ3n) is 4.22. The smallest absolute Gasteiger partial charge is 0.748 e. The number of rotatable bonds is 7. The van der Waals surface area contributed by atoms with Crippen LogP contribution >= 0.6 is 0 Å². The summed E-state index contributed by atoms with van der Waals surface area (Å²) in [6.07, 6.45) is 2.05. The molecular formula is C18H21NaO5S. The number of aromatic hydroxyl groups is 2. The second kappa shape index (κ2) is 9.05. The van der Waals surface area contributed by atoms with Gasteiger partial charge in [-0.05, 0) is 41.8 Å². The van der Waals surface area contributed by atoms with Gasteiger partial charge in [0, 0.05) is 5.41 Å². The van der Waals surface area contributed by atoms with Gasteiger partial charge in [-0.1, -0.05) is 44.0 Å². The van der Waals surface area contributed by atoms with Crippen molar-refractivity contribution in [1.82, 2.24) is 0 Å². The summed E-state index contributed by atoms with van der Waals surface area (Å²) in [6.45, 7) is 1.99. The molecule has 0 fully saturated rings. The van der Waals surface area contributed by atoms with Crippen molar-refractivity contribution in [2.24, 2.45) is 0 Å². The first-order chi connectivity index (χ1) is 11.3. The Bertz CT molecular complexity index is 725. The topological polar surface area (TPSA) is 97.7 Å². The summed E-state index contributed by atoms with van der Waals surface area (Å²) in [4.78, 5) is 0. The van der Waals surface area contributed by atoms with Crippen molar-refractivity contribution in [2.75, 3.05) is 5.75 Å². The molecule has 25 heavy (non-hydrogen) atoms. The molecule has 2 rings (SSSR count). The van der Waals surface area contributed by atoms with E-state index in [0.717, 1.165) is 12.8 Å². The fourth-order valence-corrected chi connectivity index (χ4v) is 4.12. The second-order valence-electron chi connectivity index (χ2n) is 5.98. The van der Waals surface area contributed by atoms with Crippen molar-refractivity contribution < 1.29 is 52.7 Å². The molecule has 0 saturated heterocycles. The van der Waals surface area contributed by atoms with Gasteiger partial charge in [-0.15, -0.1) is 0 Å². The zero-order valence-electron chi connectivity index (χ0n) is 14.5. The molecule has 0 spiro atoms. The second-order valence-corrected chi connectivity index (χ2v) is 7.39. The first kappa shape index (κ1) is 22.0. The van der Waals surface area contributed by atoms with E-state index in [1.807, 2.05) is 6.92 Å². The Balaban J connectivity index is 0.00000312. The van der Waals surface area contributed by atoms with E-state index < -0.39 is 21.3 Å². The van der Waals surface area contributed by atoms with Crippen LogP contribution in [-0.2, 0) is 15.5 Å². The Hall–Kier alpha value is -1.05. The number of hydrogen-bond acceptors (Lipinski definition) is 5. The van der Waals surface area contributed by atoms with E-state index in [0.29, 0.717) is 17.5 Å². The Kier molecular flexibility index (Phi) is 7.96. The number of unbranched alkanes of at least 4 members (excludes halogenated alkanes) is 1. The van der Waals surface area contributed by atoms with Gasteiger partial charge in [0.2, 0.25) is 0 Å². The van der Waals surface area contributed by atoms with Crippen LogP contribution in [0.1, 0.15) is 37.3 Å². The molecule has 0 aliphatic rings. The summed E-state index contributed by atoms with van der Waals surface area (Å²) in [5.41, 5.74) is 0.288. The van der Waals surface area contributed by atoms with Crippen LogP contribution in [0.4, 0.5) is 0 Å². The van der Waals surface area contributed by atoms with Crippen molar-refractivity contribution >= 4 is 10.1 Å². The summed E-state index contributed by atoms with van der Waals surface area (Å²) in [6, 6.07) is 12.5. The van der Waals surface area contributed by atoms with Gasteiger partial charge in [-0.3, -0.25) is 0 Å². The van der Waals surface area contributed by atoms with Crippen LogP contribution in [-0.4, -0.2) is 28.9 Å². The SMILES string of the molecule is CCCCC(CS(=O)(=O)[O-])(c1ccc(O)cc1)c1ccc(O)cc1.[Na+]. The number of benzene rings is 2. The summed E-state index contributed by atoms with van der Waals surface area (Å²) in [5.74, 6) is -0.437. The molecule has 130 valence electrons. The molecule has 2 aromatic carbocycles. The monoisotopic (exact) mass is 372 g/mol. The molecule has 2 aromatic rings. The molecule has 2 N–H and O–H groups in total. The number of phenols is 2. The van der Waals surface area contributed by atoms with Crippen LogP contribution in [0.25, 0.3) is 0 Å². The van der Waals surface area contributed by atoms with E-state index in [9.17, 15) is 23.2 Å². The quantitative estimate of drug-likeness (QED) is 0.532. The fraction of sp³-hybridized carbons (Fsp3) is 0.333. The molecule has 0 saturated carbocycles. The maximum absolute atomic E-state index is 11.6. The van der Waals surface area contributed by atoms with E-state index in [1.165, 1.54) is 24.3 Å². The Morgan fingerprint density at radius 2 is 1.32 bits per heavy atom. The largest absolute Gasteiger partial charge is 1.00 e. The van der Waals surface area contributed by atoms with Crippen molar-refractivity contribution in [2.45, 2.75) is 31.6 Å². The van der Waals surface area contributed by atoms with Crippen LogP contribution in [0.15, 0.2) is 48.5 Å². The van der Waals surface area contributed by atoms with E-state index >= 15 is 0 Å². The molecule has 0 aliphatic heterocycles. The van der Waals surface area contributed by atoms with Crippen molar-refractivity contribution in [3.05, 3.63) is 59.7 Å². The van der Waals surface area contributed by atoms with Crippen LogP contribution in [0.5, 0.6) is 11.5 Å². The Morgan fingerprint density at radius 3 is 1.64 bits per heavy atom. The standard InChI is InChI=1S/C18H22O5S.Na/c1-2-3-12-18(13-24(21,22)23,14-4-8-16(19)9-5-14)15-6-10-17(20)11-7-15;/h4-11,19-20H,2-3,12-13H2,1H3,(H,21,22,23);/q;+1/p-1. The van der Waals surface area contributed by atoms with E-state index in [4.69, 9.17) is 0 Å². The molecule has 5 nitrogen and oxygen atoms in total. The maximum Gasteiger partial charge on any atom is 1.00 e. The Labute approximate surface area is 170 Å². The normalized spacial score (nSPS) is 11.8. The molecule has 0 bridgehead atoms. The number of hydrogen-bond donors (Lipinski definition) is 2. The zero-order valence-corrected chi connectivity index (χ0v) is 17.3. The van der Waals surface area contributed by atoms with Gasteiger partial charge >= 0.3 is 29.6 Å². The minimum absolute atomic E-state index is 0. The molecule has 0 radical (unpaired) electrons. The molecule has 0 aliphatic carbocycles. The van der Waals surface area contributed by atoms with Gasteiger partial charge in [0.25, 0.3) is 0 Å². The Morgan fingerprint density at radius 1 is 0.920 bits per heavy atom. The van der Waals surface area contributed by atoms with Gasteiger partial charge in [0.05, 0.1) is 15.9 Å². The predicted octanol–water partition coefficient (Wildman–Crippen LogP) is 0.123. The van der Waals surface area contributed by atoms with Gasteiger partial charge in [-0.25, -0.2) is 8.42 Å². The molecule has 0 atom stereocenters. The molecule has 0 unspecified atom stereocenters. The third-order valence-corrected chi connectivity index (χ3v) is 5.07. The first-order valence-corrected chi connectivity index (χ1v) is 9.37. The number of phenolic OH excluding ortho intramolecular Hbond substituents is 2. The summed E-state index contributed by atoms with van der Waals surface area (Å²) in [7, 11) is -4.50. The van der Waals surface area contributed by atoms with Gasteiger partial charge in [0.15, 0.2) is 0 Å². The van der Waals surface area contributed by atoms with E-state index in [-0.39, 0.29) is 41.1 Å². The van der Waals surface area contributed by atoms with Crippen molar-refractivity contribution in [3.63, 3.8) is 0 Å². The minimum Gasteiger partial charge on any atom is -0.748 e. The minimum atomic E-state index is -4.50. The van der Waals surface area contributed by atoms with Crippen LogP contribution < -0.4 is 29.6 Å². The molecular weight excluding hydrogens is 351 g/mol. The zero-order chi connectivity index (χ0) is 17.8. The van der Waals surface area contributed by atoms with Crippen molar-refractivity contribution in [1.29, 1.82) is 0 Å². The fourth-order valence-electron chi connectivity index (χ4n) is 3.04. The molecule has 0 heterocycles. The van der Waals surface area contributed by atoms with Gasteiger partial charge in [-0.2, -0.15) is 0 Å². The third kappa shape index (κ3) is 5.72. The summed E-state index contributed by atoms with van der Waals surface area (Å²) in [5, 5.41) is 19.0. The van der Waals surface area contributed by atoms with Gasteiger partial charge < -0.3 is 14.8 Å². The summed E-state index contributed by atoms with van der Waals surface area (Å²) < 4.78 is 34.9. The predicted molar refractivity (Wildman–Crippen MR) is 91.1 cm³/mol. The molecule has 7 heteroatoms. The average Bonchev–Trinajstić information content (AvgIpc) is 2.52. The average molecular weight is 372 g/mol. The van der Waals surface area contributed by atoms with Gasteiger partial charge in [0.1, 0.15) is 11.5 Å². The maximum atomic E-state index is 11.6. The van der Waals surface area contributed by atoms with Crippen molar-refractivity contribution in [3.8, 4) is 11.5 Å². The molecule has 0 amide bonds. The van der Waals surface area contributed by atoms with E-state index in [1.54, 1.807) is 24.3 Å². The molecule has 0 aromatic heterocycles. The first-order valence-electron chi connectivity index (χ1n) is 7.79. The summed E-state index contributed by atoms with van der Waals surface area (Å²) >= 11 is 0. The van der Waals surface area contributed by atoms with E-state index in [2.05, 4.69) is 0 Å². The van der Waals surface area contributed by atoms with Crippen LogP contribution in [0, 0.1) is 0 Å². The van der Waals surface area contributed by atoms with Crippen LogP contribution in [0.3, 0.4) is 0 Å². The van der Waals surface area contributed by atoms with Crippen LogP contribution in [0.2, 0.25) is 0 Å².